The van der Waals surface area contributed by atoms with Crippen molar-refractivity contribution in [2.75, 3.05) is 20.8 Å². The second-order valence-electron chi connectivity index (χ2n) is 8.84. The topological polar surface area (TPSA) is 52.4 Å². The van der Waals surface area contributed by atoms with Gasteiger partial charge in [-0.25, -0.2) is 0 Å². The van der Waals surface area contributed by atoms with E-state index in [0.717, 1.165) is 67.1 Å². The van der Waals surface area contributed by atoms with Crippen LogP contribution in [0.5, 0.6) is 5.75 Å². The zero-order valence-electron chi connectivity index (χ0n) is 20.1. The van der Waals surface area contributed by atoms with Crippen LogP contribution in [-0.4, -0.2) is 46.5 Å². The molecule has 2 aromatic carbocycles. The number of rotatable bonds is 10. The highest BCUT2D eigenvalue weighted by molar-refractivity contribution is 7.98. The summed E-state index contributed by atoms with van der Waals surface area (Å²) in [5, 5.41) is 10.1. The minimum atomic E-state index is 0.243. The molecule has 7 heteroatoms. The van der Waals surface area contributed by atoms with Crippen molar-refractivity contribution in [3.05, 3.63) is 70.5 Å². The highest BCUT2D eigenvalue weighted by atomic mass is 32.2. The van der Waals surface area contributed by atoms with Gasteiger partial charge in [0.1, 0.15) is 11.6 Å². The first-order valence-electron chi connectivity index (χ1n) is 11.6. The summed E-state index contributed by atoms with van der Waals surface area (Å²) in [7, 11) is 3.84. The second-order valence-corrected chi connectivity index (χ2v) is 9.78. The minimum Gasteiger partial charge on any atom is -0.496 e. The van der Waals surface area contributed by atoms with E-state index in [1.54, 1.807) is 18.9 Å². The Morgan fingerprint density at radius 3 is 2.70 bits per heavy atom. The van der Waals surface area contributed by atoms with Crippen LogP contribution in [0.3, 0.4) is 0 Å². The number of benzene rings is 2. The van der Waals surface area contributed by atoms with Crippen molar-refractivity contribution in [2.45, 2.75) is 63.3 Å². The quantitative estimate of drug-likeness (QED) is 0.392. The third-order valence-corrected chi connectivity index (χ3v) is 7.16. The van der Waals surface area contributed by atoms with Gasteiger partial charge in [-0.15, -0.1) is 10.2 Å². The first-order valence-corrected chi connectivity index (χ1v) is 12.5. The summed E-state index contributed by atoms with van der Waals surface area (Å²) < 4.78 is 13.6. The van der Waals surface area contributed by atoms with Crippen LogP contribution in [0.25, 0.3) is 0 Å². The third-order valence-electron chi connectivity index (χ3n) is 6.14. The van der Waals surface area contributed by atoms with E-state index in [1.165, 1.54) is 16.7 Å². The minimum absolute atomic E-state index is 0.243. The van der Waals surface area contributed by atoms with E-state index in [4.69, 9.17) is 9.47 Å². The highest BCUT2D eigenvalue weighted by Crippen LogP contribution is 2.26. The smallest absolute Gasteiger partial charge is 0.191 e. The Balaban J connectivity index is 1.47. The van der Waals surface area contributed by atoms with Crippen molar-refractivity contribution in [3.8, 4) is 5.75 Å². The molecule has 33 heavy (non-hydrogen) atoms. The molecule has 0 aliphatic carbocycles. The summed E-state index contributed by atoms with van der Waals surface area (Å²) in [5.41, 5.74) is 5.06. The maximum absolute atomic E-state index is 5.94. The van der Waals surface area contributed by atoms with Gasteiger partial charge < -0.3 is 14.0 Å². The van der Waals surface area contributed by atoms with E-state index in [-0.39, 0.29) is 6.10 Å². The lowest BCUT2D eigenvalue weighted by Crippen LogP contribution is -2.23. The molecule has 0 N–H and O–H groups in total. The number of methoxy groups -OCH3 is 1. The Bertz CT molecular complexity index is 1060. The molecule has 6 nitrogen and oxygen atoms in total. The largest absolute Gasteiger partial charge is 0.496 e. The van der Waals surface area contributed by atoms with E-state index >= 15 is 0 Å². The van der Waals surface area contributed by atoms with Crippen molar-refractivity contribution in [1.82, 2.24) is 19.7 Å². The standard InChI is InChI=1S/C26H34N4O2S/c1-19-8-5-6-9-22(19)18-33-26-28-27-25(30(26)16-23-10-7-13-32-23)17-29(3)15-21-11-12-24(31-4)20(2)14-21/h5-6,8-9,11-12,14,23H,7,10,13,15-18H2,1-4H3. The molecule has 2 heterocycles. The fourth-order valence-electron chi connectivity index (χ4n) is 4.28. The predicted molar refractivity (Wildman–Crippen MR) is 133 cm³/mol. The first kappa shape index (κ1) is 23.8. The average Bonchev–Trinajstić information content (AvgIpc) is 3.44. The molecule has 1 aliphatic rings. The Kier molecular flexibility index (Phi) is 8.06. The van der Waals surface area contributed by atoms with Crippen molar-refractivity contribution in [1.29, 1.82) is 0 Å². The molecule has 1 unspecified atom stereocenters. The molecular weight excluding hydrogens is 432 g/mol. The number of thioether (sulfide) groups is 1. The van der Waals surface area contributed by atoms with E-state index in [1.807, 2.05) is 6.07 Å². The van der Waals surface area contributed by atoms with Crippen molar-refractivity contribution in [3.63, 3.8) is 0 Å². The molecule has 1 atom stereocenters. The van der Waals surface area contributed by atoms with E-state index in [9.17, 15) is 0 Å². The van der Waals surface area contributed by atoms with Gasteiger partial charge in [-0.1, -0.05) is 48.2 Å². The van der Waals surface area contributed by atoms with Gasteiger partial charge in [0, 0.05) is 18.9 Å². The van der Waals surface area contributed by atoms with Gasteiger partial charge in [0.25, 0.3) is 0 Å². The highest BCUT2D eigenvalue weighted by Gasteiger charge is 2.22. The van der Waals surface area contributed by atoms with E-state index in [2.05, 4.69) is 77.0 Å². The van der Waals surface area contributed by atoms with Crippen LogP contribution in [0.1, 0.15) is 40.9 Å². The Morgan fingerprint density at radius 1 is 1.12 bits per heavy atom. The lowest BCUT2D eigenvalue weighted by atomic mass is 10.1. The summed E-state index contributed by atoms with van der Waals surface area (Å²) in [4.78, 5) is 2.28. The Labute approximate surface area is 201 Å². The molecule has 0 amide bonds. The van der Waals surface area contributed by atoms with Crippen LogP contribution in [0.15, 0.2) is 47.6 Å². The molecule has 0 bridgehead atoms. The monoisotopic (exact) mass is 466 g/mol. The van der Waals surface area contributed by atoms with Gasteiger partial charge in [0.2, 0.25) is 0 Å². The maximum atomic E-state index is 5.94. The maximum Gasteiger partial charge on any atom is 0.191 e. The molecular formula is C26H34N4O2S. The SMILES string of the molecule is COc1ccc(CN(C)Cc2nnc(SCc3ccccc3C)n2CC2CCCO2)cc1C. The summed E-state index contributed by atoms with van der Waals surface area (Å²) in [6.07, 6.45) is 2.47. The van der Waals surface area contributed by atoms with Gasteiger partial charge in [-0.05, 0) is 62.1 Å². The number of ether oxygens (including phenoxy) is 2. The summed E-state index contributed by atoms with van der Waals surface area (Å²) >= 11 is 1.76. The molecule has 0 spiro atoms. The normalized spacial score (nSPS) is 16.0. The summed E-state index contributed by atoms with van der Waals surface area (Å²) in [6, 6.07) is 14.9. The number of aryl methyl sites for hydroxylation is 2. The molecule has 1 aromatic heterocycles. The van der Waals surface area contributed by atoms with Crippen LogP contribution in [0, 0.1) is 13.8 Å². The molecule has 1 aliphatic heterocycles. The van der Waals surface area contributed by atoms with Crippen molar-refractivity contribution < 1.29 is 9.47 Å². The van der Waals surface area contributed by atoms with Crippen LogP contribution in [-0.2, 0) is 30.1 Å². The number of hydrogen-bond donors (Lipinski definition) is 0. The molecule has 1 saturated heterocycles. The molecule has 4 rings (SSSR count). The zero-order valence-corrected chi connectivity index (χ0v) is 20.9. The summed E-state index contributed by atoms with van der Waals surface area (Å²) in [5.74, 6) is 2.80. The third kappa shape index (κ3) is 6.16. The van der Waals surface area contributed by atoms with Crippen LogP contribution in [0.2, 0.25) is 0 Å². The van der Waals surface area contributed by atoms with Gasteiger partial charge in [-0.2, -0.15) is 0 Å². The van der Waals surface area contributed by atoms with Crippen molar-refractivity contribution in [2.24, 2.45) is 0 Å². The molecule has 1 fully saturated rings. The molecule has 176 valence electrons. The second kappa shape index (κ2) is 11.2. The van der Waals surface area contributed by atoms with Gasteiger partial charge in [-0.3, -0.25) is 4.90 Å². The van der Waals surface area contributed by atoms with E-state index in [0.29, 0.717) is 0 Å². The molecule has 0 radical (unpaired) electrons. The van der Waals surface area contributed by atoms with Gasteiger partial charge >= 0.3 is 0 Å². The Morgan fingerprint density at radius 2 is 1.97 bits per heavy atom. The van der Waals surface area contributed by atoms with Gasteiger partial charge in [0.05, 0.1) is 26.3 Å². The number of aromatic nitrogens is 3. The fourth-order valence-corrected chi connectivity index (χ4v) is 5.32. The number of nitrogens with zero attached hydrogens (tertiary/aromatic N) is 4. The average molecular weight is 467 g/mol. The van der Waals surface area contributed by atoms with Crippen LogP contribution >= 0.6 is 11.8 Å². The lowest BCUT2D eigenvalue weighted by molar-refractivity contribution is 0.0934. The first-order chi connectivity index (χ1) is 16.0. The zero-order chi connectivity index (χ0) is 23.2. The molecule has 3 aromatic rings. The molecule has 0 saturated carbocycles. The predicted octanol–water partition coefficient (Wildman–Crippen LogP) is 5.01. The van der Waals surface area contributed by atoms with E-state index < -0.39 is 0 Å². The van der Waals surface area contributed by atoms with Crippen LogP contribution in [0.4, 0.5) is 0 Å². The van der Waals surface area contributed by atoms with Crippen LogP contribution < -0.4 is 4.74 Å². The summed E-state index contributed by atoms with van der Waals surface area (Å²) in [6.45, 7) is 7.48. The van der Waals surface area contributed by atoms with Crippen molar-refractivity contribution >= 4 is 11.8 Å². The lowest BCUT2D eigenvalue weighted by Gasteiger charge is -2.19. The number of hydrogen-bond acceptors (Lipinski definition) is 6. The van der Waals surface area contributed by atoms with Gasteiger partial charge in [0.15, 0.2) is 5.16 Å². The Hall–Kier alpha value is -2.35. The fraction of sp³-hybridized carbons (Fsp3) is 0.462.